The van der Waals surface area contributed by atoms with Crippen LogP contribution in [0.3, 0.4) is 0 Å². The van der Waals surface area contributed by atoms with Crippen LogP contribution in [0, 0.1) is 13.8 Å². The molecule has 0 saturated heterocycles. The van der Waals surface area contributed by atoms with Crippen LogP contribution in [-0.4, -0.2) is 35.9 Å². The quantitative estimate of drug-likeness (QED) is 0.498. The number of benzene rings is 2. The van der Waals surface area contributed by atoms with E-state index in [1.54, 1.807) is 11.8 Å². The number of amides is 2. The van der Waals surface area contributed by atoms with Gasteiger partial charge in [0.1, 0.15) is 11.8 Å². The number of carbonyl (C=O) groups is 2. The molecule has 2 amide bonds. The zero-order valence-corrected chi connectivity index (χ0v) is 19.3. The highest BCUT2D eigenvalue weighted by atomic mass is 16.5. The highest BCUT2D eigenvalue weighted by molar-refractivity contribution is 5.87. The first-order valence-electron chi connectivity index (χ1n) is 11.2. The van der Waals surface area contributed by atoms with Crippen LogP contribution in [0.4, 0.5) is 0 Å². The number of unbranched alkanes of at least 4 members (excludes halogenated alkanes) is 1. The van der Waals surface area contributed by atoms with E-state index in [-0.39, 0.29) is 11.8 Å². The lowest BCUT2D eigenvalue weighted by Gasteiger charge is -2.29. The number of hydrogen-bond acceptors (Lipinski definition) is 3. The third-order valence-electron chi connectivity index (χ3n) is 5.30. The molecule has 1 unspecified atom stereocenters. The monoisotopic (exact) mass is 424 g/mol. The van der Waals surface area contributed by atoms with Crippen LogP contribution >= 0.6 is 0 Å². The van der Waals surface area contributed by atoms with E-state index in [1.165, 1.54) is 11.1 Å². The van der Waals surface area contributed by atoms with Crippen LogP contribution in [0.5, 0.6) is 5.75 Å². The van der Waals surface area contributed by atoms with Gasteiger partial charge in [-0.15, -0.1) is 0 Å². The van der Waals surface area contributed by atoms with E-state index in [9.17, 15) is 9.59 Å². The van der Waals surface area contributed by atoms with Crippen molar-refractivity contribution in [2.75, 3.05) is 13.2 Å². The smallest absolute Gasteiger partial charge is 0.242 e. The van der Waals surface area contributed by atoms with E-state index < -0.39 is 6.04 Å². The molecule has 0 spiro atoms. The van der Waals surface area contributed by atoms with Crippen LogP contribution in [0.15, 0.2) is 48.5 Å². The van der Waals surface area contributed by atoms with E-state index in [4.69, 9.17) is 4.74 Å². The summed E-state index contributed by atoms with van der Waals surface area (Å²) < 4.78 is 5.75. The van der Waals surface area contributed by atoms with Gasteiger partial charge in [-0.1, -0.05) is 60.9 Å². The number of aryl methyl sites for hydroxylation is 2. The van der Waals surface area contributed by atoms with Gasteiger partial charge < -0.3 is 15.0 Å². The number of hydrogen-bond donors (Lipinski definition) is 1. The average Bonchev–Trinajstić information content (AvgIpc) is 2.77. The summed E-state index contributed by atoms with van der Waals surface area (Å²) in [6.07, 6.45) is 2.88. The number of rotatable bonds is 12. The molecule has 0 aromatic heterocycles. The summed E-state index contributed by atoms with van der Waals surface area (Å²) in [6, 6.07) is 15.4. The first kappa shape index (κ1) is 24.4. The fourth-order valence-corrected chi connectivity index (χ4v) is 3.20. The topological polar surface area (TPSA) is 58.6 Å². The van der Waals surface area contributed by atoms with Gasteiger partial charge in [0.05, 0.1) is 6.61 Å². The van der Waals surface area contributed by atoms with Gasteiger partial charge in [-0.3, -0.25) is 9.59 Å². The van der Waals surface area contributed by atoms with Crippen molar-refractivity contribution in [3.8, 4) is 5.75 Å². The van der Waals surface area contributed by atoms with Crippen molar-refractivity contribution < 1.29 is 14.3 Å². The van der Waals surface area contributed by atoms with Crippen molar-refractivity contribution in [2.45, 2.75) is 66.0 Å². The molecule has 5 heteroatoms. The molecule has 5 nitrogen and oxygen atoms in total. The van der Waals surface area contributed by atoms with E-state index in [1.807, 2.05) is 62.4 Å². The molecule has 31 heavy (non-hydrogen) atoms. The molecule has 2 rings (SSSR count). The lowest BCUT2D eigenvalue weighted by atomic mass is 10.1. The minimum atomic E-state index is -0.524. The van der Waals surface area contributed by atoms with Crippen molar-refractivity contribution in [3.05, 3.63) is 65.2 Å². The summed E-state index contributed by atoms with van der Waals surface area (Å²) >= 11 is 0. The van der Waals surface area contributed by atoms with Crippen molar-refractivity contribution in [3.63, 3.8) is 0 Å². The Morgan fingerprint density at radius 2 is 1.58 bits per heavy atom. The Balaban J connectivity index is 1.96. The lowest BCUT2D eigenvalue weighted by molar-refractivity contribution is -0.140. The van der Waals surface area contributed by atoms with Gasteiger partial charge in [0.15, 0.2) is 0 Å². The molecule has 0 bridgehead atoms. The summed E-state index contributed by atoms with van der Waals surface area (Å²) in [5.41, 5.74) is 3.36. The number of carbonyl (C=O) groups excluding carboxylic acids is 2. The van der Waals surface area contributed by atoms with Crippen LogP contribution in [-0.2, 0) is 16.1 Å². The Hall–Kier alpha value is -2.82. The second kappa shape index (κ2) is 12.8. The van der Waals surface area contributed by atoms with Gasteiger partial charge in [-0.2, -0.15) is 0 Å². The zero-order chi connectivity index (χ0) is 22.6. The number of ether oxygens (including phenoxy) is 1. The standard InChI is InChI=1S/C26H36N2O3/c1-5-6-17-27-26(30)22(4)28(19-23-13-9-20(2)10-14-23)25(29)8-7-18-31-24-15-11-21(3)12-16-24/h9-16,22H,5-8,17-19H2,1-4H3,(H,27,30). The Kier molecular flexibility index (Phi) is 10.1. The molecule has 0 saturated carbocycles. The van der Waals surface area contributed by atoms with Gasteiger partial charge in [0.25, 0.3) is 0 Å². The van der Waals surface area contributed by atoms with Crippen molar-refractivity contribution in [1.29, 1.82) is 0 Å². The fourth-order valence-electron chi connectivity index (χ4n) is 3.20. The molecule has 0 aliphatic heterocycles. The normalized spacial score (nSPS) is 11.6. The predicted octanol–water partition coefficient (Wildman–Crippen LogP) is 4.80. The van der Waals surface area contributed by atoms with Crippen molar-refractivity contribution in [2.24, 2.45) is 0 Å². The van der Waals surface area contributed by atoms with Crippen LogP contribution in [0.2, 0.25) is 0 Å². The third kappa shape index (κ3) is 8.44. The summed E-state index contributed by atoms with van der Waals surface area (Å²) in [6.45, 7) is 9.47. The van der Waals surface area contributed by atoms with Crippen LogP contribution in [0.1, 0.15) is 56.2 Å². The molecule has 0 heterocycles. The number of nitrogens with one attached hydrogen (secondary N) is 1. The molecular formula is C26H36N2O3. The van der Waals surface area contributed by atoms with Crippen molar-refractivity contribution >= 4 is 11.8 Å². The molecule has 1 atom stereocenters. The maximum absolute atomic E-state index is 13.0. The fraction of sp³-hybridized carbons (Fsp3) is 0.462. The Bertz CT molecular complexity index is 816. The number of nitrogens with zero attached hydrogens (tertiary/aromatic N) is 1. The molecule has 168 valence electrons. The molecule has 0 fully saturated rings. The summed E-state index contributed by atoms with van der Waals surface area (Å²) in [7, 11) is 0. The van der Waals surface area contributed by atoms with Gasteiger partial charge in [0, 0.05) is 19.5 Å². The minimum absolute atomic E-state index is 0.0359. The van der Waals surface area contributed by atoms with Crippen LogP contribution < -0.4 is 10.1 Å². The lowest BCUT2D eigenvalue weighted by Crippen LogP contribution is -2.47. The average molecular weight is 425 g/mol. The van der Waals surface area contributed by atoms with Gasteiger partial charge in [-0.25, -0.2) is 0 Å². The van der Waals surface area contributed by atoms with Gasteiger partial charge in [-0.05, 0) is 51.3 Å². The summed E-state index contributed by atoms with van der Waals surface area (Å²) in [4.78, 5) is 27.3. The Morgan fingerprint density at radius 3 is 2.19 bits per heavy atom. The molecule has 0 radical (unpaired) electrons. The predicted molar refractivity (Wildman–Crippen MR) is 125 cm³/mol. The molecule has 0 aliphatic rings. The molecule has 2 aromatic rings. The maximum Gasteiger partial charge on any atom is 0.242 e. The second-order valence-corrected chi connectivity index (χ2v) is 8.09. The molecule has 0 aliphatic carbocycles. The zero-order valence-electron chi connectivity index (χ0n) is 19.3. The van der Waals surface area contributed by atoms with E-state index in [2.05, 4.69) is 12.2 Å². The van der Waals surface area contributed by atoms with E-state index in [0.29, 0.717) is 32.5 Å². The summed E-state index contributed by atoms with van der Waals surface area (Å²) in [5.74, 6) is 0.661. The van der Waals surface area contributed by atoms with E-state index >= 15 is 0 Å². The minimum Gasteiger partial charge on any atom is -0.494 e. The third-order valence-corrected chi connectivity index (χ3v) is 5.30. The van der Waals surface area contributed by atoms with Gasteiger partial charge >= 0.3 is 0 Å². The molecular weight excluding hydrogens is 388 g/mol. The van der Waals surface area contributed by atoms with E-state index in [0.717, 1.165) is 24.2 Å². The highest BCUT2D eigenvalue weighted by Crippen LogP contribution is 2.15. The van der Waals surface area contributed by atoms with Gasteiger partial charge in [0.2, 0.25) is 11.8 Å². The molecule has 2 aromatic carbocycles. The maximum atomic E-state index is 13.0. The second-order valence-electron chi connectivity index (χ2n) is 8.09. The van der Waals surface area contributed by atoms with Crippen molar-refractivity contribution in [1.82, 2.24) is 10.2 Å². The summed E-state index contributed by atoms with van der Waals surface area (Å²) in [5, 5.41) is 2.95. The molecule has 1 N–H and O–H groups in total. The largest absolute Gasteiger partial charge is 0.494 e. The Labute approximate surface area is 186 Å². The first-order chi connectivity index (χ1) is 14.9. The SMILES string of the molecule is CCCCNC(=O)C(C)N(Cc1ccc(C)cc1)C(=O)CCCOc1ccc(C)cc1. The Morgan fingerprint density at radius 1 is 0.968 bits per heavy atom. The first-order valence-corrected chi connectivity index (χ1v) is 11.2. The van der Waals surface area contributed by atoms with Crippen LogP contribution in [0.25, 0.3) is 0 Å². The highest BCUT2D eigenvalue weighted by Gasteiger charge is 2.25.